The van der Waals surface area contributed by atoms with Gasteiger partial charge in [-0.3, -0.25) is 19.7 Å². The molecule has 0 bridgehead atoms. The lowest BCUT2D eigenvalue weighted by molar-refractivity contribution is -0.381. The van der Waals surface area contributed by atoms with Gasteiger partial charge in [-0.05, 0) is 6.07 Å². The molecule has 0 saturated carbocycles. The van der Waals surface area contributed by atoms with E-state index in [9.17, 15) is 29.9 Å². The lowest BCUT2D eigenvalue weighted by Gasteiger charge is -2.12. The van der Waals surface area contributed by atoms with Crippen molar-refractivity contribution in [2.24, 2.45) is 5.73 Å². The highest BCUT2D eigenvalue weighted by Gasteiger charge is 2.32. The molecular formula is C8H8N2O6S. The monoisotopic (exact) mass is 260 g/mol. The Kier molecular flexibility index (Phi) is 3.89. The van der Waals surface area contributed by atoms with E-state index in [-0.39, 0.29) is 10.4 Å². The van der Waals surface area contributed by atoms with Crippen molar-refractivity contribution in [2.45, 2.75) is 12.2 Å². The zero-order valence-electron chi connectivity index (χ0n) is 8.27. The van der Waals surface area contributed by atoms with Crippen LogP contribution in [0.5, 0.6) is 0 Å². The van der Waals surface area contributed by atoms with Crippen molar-refractivity contribution in [1.29, 1.82) is 0 Å². The maximum absolute atomic E-state index is 10.6. The standard InChI is InChI=1S/C8H8N2O6S/c9-7(14)6(13)5(12)4-1-3(2-11)17-8(4)10(15)16/h1-2,5-6,12-13H,(H2,9,14). The van der Waals surface area contributed by atoms with Gasteiger partial charge in [0, 0.05) is 0 Å². The van der Waals surface area contributed by atoms with Gasteiger partial charge in [-0.2, -0.15) is 0 Å². The maximum Gasteiger partial charge on any atom is 0.330 e. The molecule has 0 radical (unpaired) electrons. The second-order valence-electron chi connectivity index (χ2n) is 3.08. The first-order valence-corrected chi connectivity index (χ1v) is 5.09. The molecule has 0 fully saturated rings. The van der Waals surface area contributed by atoms with Crippen LogP contribution in [0.3, 0.4) is 0 Å². The van der Waals surface area contributed by atoms with Crippen molar-refractivity contribution in [3.8, 4) is 0 Å². The normalized spacial score (nSPS) is 14.0. The van der Waals surface area contributed by atoms with Gasteiger partial charge in [0.15, 0.2) is 12.4 Å². The third-order valence-corrected chi connectivity index (χ3v) is 2.98. The Labute approximate surface area is 98.4 Å². The molecule has 8 nitrogen and oxygen atoms in total. The van der Waals surface area contributed by atoms with Crippen molar-refractivity contribution in [1.82, 2.24) is 0 Å². The van der Waals surface area contributed by atoms with Crippen LogP contribution in [0.25, 0.3) is 0 Å². The Bertz CT molecular complexity index is 471. The van der Waals surface area contributed by atoms with Gasteiger partial charge in [0.1, 0.15) is 6.10 Å². The van der Waals surface area contributed by atoms with E-state index < -0.39 is 28.0 Å². The summed E-state index contributed by atoms with van der Waals surface area (Å²) >= 11 is 0.535. The van der Waals surface area contributed by atoms with E-state index in [0.29, 0.717) is 17.6 Å². The van der Waals surface area contributed by atoms with Gasteiger partial charge in [-0.15, -0.1) is 0 Å². The first-order chi connectivity index (χ1) is 7.88. The molecule has 1 aromatic heterocycles. The molecule has 4 N–H and O–H groups in total. The SMILES string of the molecule is NC(=O)C(O)C(O)c1cc(C=O)sc1[N+](=O)[O-]. The summed E-state index contributed by atoms with van der Waals surface area (Å²) in [5.41, 5.74) is 4.44. The molecule has 0 aliphatic rings. The summed E-state index contributed by atoms with van der Waals surface area (Å²) in [4.78, 5) is 30.9. The minimum atomic E-state index is -1.97. The van der Waals surface area contributed by atoms with Gasteiger partial charge in [-0.25, -0.2) is 0 Å². The molecule has 92 valence electrons. The fourth-order valence-electron chi connectivity index (χ4n) is 1.15. The summed E-state index contributed by atoms with van der Waals surface area (Å²) in [6.45, 7) is 0. The Balaban J connectivity index is 3.19. The fraction of sp³-hybridized carbons (Fsp3) is 0.250. The summed E-state index contributed by atoms with van der Waals surface area (Å²) in [7, 11) is 0. The summed E-state index contributed by atoms with van der Waals surface area (Å²) in [6.07, 6.45) is -3.44. The van der Waals surface area contributed by atoms with E-state index in [1.54, 1.807) is 0 Å². The zero-order chi connectivity index (χ0) is 13.2. The van der Waals surface area contributed by atoms with Crippen molar-refractivity contribution >= 4 is 28.5 Å². The minimum Gasteiger partial charge on any atom is -0.385 e. The lowest BCUT2D eigenvalue weighted by atomic mass is 10.1. The summed E-state index contributed by atoms with van der Waals surface area (Å²) < 4.78 is 0. The number of hydrogen-bond acceptors (Lipinski definition) is 7. The van der Waals surface area contributed by atoms with Crippen molar-refractivity contribution in [3.05, 3.63) is 26.6 Å². The van der Waals surface area contributed by atoms with Crippen LogP contribution in [0.15, 0.2) is 6.07 Å². The van der Waals surface area contributed by atoms with Crippen molar-refractivity contribution in [3.63, 3.8) is 0 Å². The zero-order valence-corrected chi connectivity index (χ0v) is 9.09. The number of nitrogens with two attached hydrogens (primary N) is 1. The second-order valence-corrected chi connectivity index (χ2v) is 4.14. The number of aliphatic hydroxyl groups is 2. The van der Waals surface area contributed by atoms with E-state index >= 15 is 0 Å². The molecule has 1 heterocycles. The Morgan fingerprint density at radius 1 is 1.59 bits per heavy atom. The van der Waals surface area contributed by atoms with Gasteiger partial charge >= 0.3 is 5.00 Å². The third-order valence-electron chi connectivity index (χ3n) is 1.95. The molecule has 1 amide bonds. The average molecular weight is 260 g/mol. The number of nitro groups is 1. The maximum atomic E-state index is 10.6. The molecule has 0 aliphatic carbocycles. The molecule has 9 heteroatoms. The average Bonchev–Trinajstić information content (AvgIpc) is 2.70. The van der Waals surface area contributed by atoms with Crippen LogP contribution in [0, 0.1) is 10.1 Å². The number of carbonyl (C=O) groups excluding carboxylic acids is 2. The largest absolute Gasteiger partial charge is 0.385 e. The molecule has 2 unspecified atom stereocenters. The smallest absolute Gasteiger partial charge is 0.330 e. The summed E-state index contributed by atoms with van der Waals surface area (Å²) in [5.74, 6) is -1.22. The fourth-order valence-corrected chi connectivity index (χ4v) is 1.98. The van der Waals surface area contributed by atoms with Gasteiger partial charge in [-0.1, -0.05) is 11.3 Å². The van der Waals surface area contributed by atoms with Crippen LogP contribution in [0.1, 0.15) is 21.3 Å². The van der Waals surface area contributed by atoms with Crippen LogP contribution in [-0.4, -0.2) is 33.4 Å². The van der Waals surface area contributed by atoms with Crippen molar-refractivity contribution in [2.75, 3.05) is 0 Å². The van der Waals surface area contributed by atoms with E-state index in [2.05, 4.69) is 0 Å². The minimum absolute atomic E-state index is 0.00224. The molecule has 0 saturated heterocycles. The van der Waals surface area contributed by atoms with Gasteiger partial charge in [0.2, 0.25) is 5.91 Å². The molecule has 0 aromatic carbocycles. The van der Waals surface area contributed by atoms with E-state index in [1.807, 2.05) is 0 Å². The molecule has 17 heavy (non-hydrogen) atoms. The Morgan fingerprint density at radius 2 is 2.18 bits per heavy atom. The van der Waals surface area contributed by atoms with Crippen molar-refractivity contribution < 1.29 is 24.7 Å². The summed E-state index contributed by atoms with van der Waals surface area (Å²) in [5, 5.41) is 28.9. The first kappa shape index (κ1) is 13.2. The van der Waals surface area contributed by atoms with Crippen LogP contribution in [0.4, 0.5) is 5.00 Å². The quantitative estimate of drug-likeness (QED) is 0.364. The molecule has 2 atom stereocenters. The second kappa shape index (κ2) is 4.99. The van der Waals surface area contributed by atoms with Crippen LogP contribution in [0.2, 0.25) is 0 Å². The molecule has 1 aromatic rings. The number of thiophene rings is 1. The predicted octanol–water partition coefficient (Wildman–Crippen LogP) is -0.652. The van der Waals surface area contributed by atoms with Gasteiger partial charge in [0.05, 0.1) is 15.4 Å². The topological polar surface area (TPSA) is 144 Å². The van der Waals surface area contributed by atoms with E-state index in [0.717, 1.165) is 6.07 Å². The van der Waals surface area contributed by atoms with Crippen LogP contribution < -0.4 is 5.73 Å². The first-order valence-electron chi connectivity index (χ1n) is 4.27. The highest BCUT2D eigenvalue weighted by atomic mass is 32.1. The van der Waals surface area contributed by atoms with Crippen LogP contribution in [-0.2, 0) is 4.79 Å². The van der Waals surface area contributed by atoms with Gasteiger partial charge in [0.25, 0.3) is 0 Å². The molecule has 0 aliphatic heterocycles. The summed E-state index contributed by atoms with van der Waals surface area (Å²) in [6, 6.07) is 1.03. The van der Waals surface area contributed by atoms with Gasteiger partial charge < -0.3 is 15.9 Å². The molecule has 1 rings (SSSR count). The highest BCUT2D eigenvalue weighted by Crippen LogP contribution is 2.34. The highest BCUT2D eigenvalue weighted by molar-refractivity contribution is 7.17. The Morgan fingerprint density at radius 3 is 2.59 bits per heavy atom. The number of carbonyl (C=O) groups is 2. The van der Waals surface area contributed by atoms with Crippen LogP contribution >= 0.6 is 11.3 Å². The molecular weight excluding hydrogens is 252 g/mol. The Hall–Kier alpha value is -1.84. The number of aliphatic hydroxyl groups excluding tert-OH is 2. The number of nitrogens with zero attached hydrogens (tertiary/aromatic N) is 1. The molecule has 0 spiro atoms. The van der Waals surface area contributed by atoms with E-state index in [1.165, 1.54) is 0 Å². The predicted molar refractivity (Wildman–Crippen MR) is 56.5 cm³/mol. The number of rotatable bonds is 5. The number of amides is 1. The number of hydrogen-bond donors (Lipinski definition) is 3. The third kappa shape index (κ3) is 2.64. The lowest BCUT2D eigenvalue weighted by Crippen LogP contribution is -2.33. The van der Waals surface area contributed by atoms with E-state index in [4.69, 9.17) is 5.73 Å². The number of primary amides is 1. The number of aldehydes is 1.